The number of aryl methyl sites for hydroxylation is 1. The van der Waals surface area contributed by atoms with Gasteiger partial charge in [-0.1, -0.05) is 0 Å². The Bertz CT molecular complexity index is 482. The predicted molar refractivity (Wildman–Crippen MR) is 58.9 cm³/mol. The van der Waals surface area contributed by atoms with Crippen LogP contribution in [-0.4, -0.2) is 32.8 Å². The largest absolute Gasteiger partial charge is 0.425 e. The summed E-state index contributed by atoms with van der Waals surface area (Å²) in [7, 11) is 1.33. The van der Waals surface area contributed by atoms with E-state index in [1.807, 2.05) is 0 Å². The number of carbonyl (C=O) groups excluding carboxylic acids is 1. The van der Waals surface area contributed by atoms with E-state index < -0.39 is 29.9 Å². The zero-order chi connectivity index (χ0) is 14.3. The molecule has 5 nitrogen and oxygen atoms in total. The summed E-state index contributed by atoms with van der Waals surface area (Å²) in [4.78, 5) is 15.1. The van der Waals surface area contributed by atoms with Gasteiger partial charge in [0.05, 0.1) is 6.42 Å². The maximum atomic E-state index is 13.1. The molecular formula is C11H14F3N3O2. The third kappa shape index (κ3) is 2.73. The first-order valence-corrected chi connectivity index (χ1v) is 5.80. The van der Waals surface area contributed by atoms with Gasteiger partial charge in [0.25, 0.3) is 0 Å². The number of aliphatic hydroxyl groups is 1. The van der Waals surface area contributed by atoms with E-state index in [2.05, 4.69) is 10.3 Å². The number of nitrogens with one attached hydrogen (secondary N) is 1. The summed E-state index contributed by atoms with van der Waals surface area (Å²) < 4.78 is 40.3. The van der Waals surface area contributed by atoms with Crippen LogP contribution in [0.3, 0.4) is 0 Å². The number of amides is 1. The molecule has 0 radical (unpaired) electrons. The van der Waals surface area contributed by atoms with Crippen molar-refractivity contribution < 1.29 is 23.1 Å². The van der Waals surface area contributed by atoms with Crippen molar-refractivity contribution >= 4 is 5.91 Å². The van der Waals surface area contributed by atoms with Gasteiger partial charge < -0.3 is 15.0 Å². The van der Waals surface area contributed by atoms with Gasteiger partial charge in [-0.05, 0) is 12.8 Å². The molecule has 0 aliphatic heterocycles. The van der Waals surface area contributed by atoms with Gasteiger partial charge in [0.15, 0.2) is 5.82 Å². The first-order chi connectivity index (χ1) is 8.74. The number of nitrogens with zero attached hydrogens (tertiary/aromatic N) is 2. The molecule has 1 aromatic rings. The zero-order valence-corrected chi connectivity index (χ0v) is 10.2. The van der Waals surface area contributed by atoms with Crippen molar-refractivity contribution in [1.82, 2.24) is 14.9 Å². The number of hydrogen-bond donors (Lipinski definition) is 2. The van der Waals surface area contributed by atoms with E-state index in [-0.39, 0.29) is 6.04 Å². The maximum absolute atomic E-state index is 13.1. The molecule has 1 saturated carbocycles. The number of rotatable bonds is 4. The molecule has 0 bridgehead atoms. The fourth-order valence-electron chi connectivity index (χ4n) is 1.81. The monoisotopic (exact) mass is 277 g/mol. The molecular weight excluding hydrogens is 263 g/mol. The Kier molecular flexibility index (Phi) is 3.29. The molecule has 0 aromatic carbocycles. The molecule has 0 unspecified atom stereocenters. The number of alkyl halides is 3. The van der Waals surface area contributed by atoms with Gasteiger partial charge in [-0.15, -0.1) is 0 Å². The third-order valence-corrected chi connectivity index (χ3v) is 3.02. The summed E-state index contributed by atoms with van der Waals surface area (Å²) in [6.07, 6.45) is -2.11. The second kappa shape index (κ2) is 4.52. The van der Waals surface area contributed by atoms with Gasteiger partial charge in [0, 0.05) is 25.5 Å². The Morgan fingerprint density at radius 3 is 2.63 bits per heavy atom. The molecule has 0 saturated heterocycles. The Hall–Kier alpha value is -1.57. The number of imidazole rings is 1. The van der Waals surface area contributed by atoms with Crippen molar-refractivity contribution in [2.75, 3.05) is 0 Å². The lowest BCUT2D eigenvalue weighted by atomic mass is 9.97. The lowest BCUT2D eigenvalue weighted by Crippen LogP contribution is -2.48. The minimum Gasteiger partial charge on any atom is -0.374 e. The summed E-state index contributed by atoms with van der Waals surface area (Å²) in [5.41, 5.74) is -3.27. The lowest BCUT2D eigenvalue weighted by molar-refractivity contribution is -0.271. The highest BCUT2D eigenvalue weighted by atomic mass is 19.4. The van der Waals surface area contributed by atoms with Crippen LogP contribution < -0.4 is 5.32 Å². The van der Waals surface area contributed by atoms with Gasteiger partial charge in [-0.2, -0.15) is 13.2 Å². The Labute approximate surface area is 107 Å². The van der Waals surface area contributed by atoms with Gasteiger partial charge in [-0.3, -0.25) is 4.79 Å². The van der Waals surface area contributed by atoms with E-state index in [0.717, 1.165) is 23.6 Å². The van der Waals surface area contributed by atoms with Crippen LogP contribution in [0.4, 0.5) is 13.2 Å². The molecule has 106 valence electrons. The highest BCUT2D eigenvalue weighted by Gasteiger charge is 2.58. The van der Waals surface area contributed by atoms with Crippen LogP contribution in [0.1, 0.15) is 25.1 Å². The van der Waals surface area contributed by atoms with Gasteiger partial charge >= 0.3 is 6.18 Å². The Balaban J connectivity index is 2.24. The molecule has 1 aromatic heterocycles. The Morgan fingerprint density at radius 1 is 1.58 bits per heavy atom. The SMILES string of the molecule is Cn1ccnc1[C@@](O)(CC(=O)NC1CC1)C(F)(F)F. The van der Waals surface area contributed by atoms with Crippen LogP contribution in [0, 0.1) is 0 Å². The van der Waals surface area contributed by atoms with Crippen LogP contribution in [0.2, 0.25) is 0 Å². The first kappa shape index (κ1) is 13.9. The van der Waals surface area contributed by atoms with Crippen molar-refractivity contribution in [1.29, 1.82) is 0 Å². The van der Waals surface area contributed by atoms with E-state index in [0.29, 0.717) is 0 Å². The average Bonchev–Trinajstić information content (AvgIpc) is 2.95. The summed E-state index contributed by atoms with van der Waals surface area (Å²) in [5.74, 6) is -1.42. The molecule has 1 amide bonds. The zero-order valence-electron chi connectivity index (χ0n) is 10.2. The molecule has 1 heterocycles. The Morgan fingerprint density at radius 2 is 2.21 bits per heavy atom. The minimum atomic E-state index is -4.98. The normalized spacial score (nSPS) is 19.0. The molecule has 1 fully saturated rings. The second-order valence-electron chi connectivity index (χ2n) is 4.74. The number of hydrogen-bond acceptors (Lipinski definition) is 3. The molecule has 0 spiro atoms. The van der Waals surface area contributed by atoms with Crippen LogP contribution >= 0.6 is 0 Å². The summed E-state index contributed by atoms with van der Waals surface area (Å²) >= 11 is 0. The minimum absolute atomic E-state index is 0.0636. The van der Waals surface area contributed by atoms with E-state index in [1.165, 1.54) is 13.2 Å². The van der Waals surface area contributed by atoms with Crippen molar-refractivity contribution in [3.05, 3.63) is 18.2 Å². The predicted octanol–water partition coefficient (Wildman–Crippen LogP) is 0.839. The van der Waals surface area contributed by atoms with Crippen molar-refractivity contribution in [2.24, 2.45) is 7.05 Å². The number of carbonyl (C=O) groups is 1. The standard InChI is InChI=1S/C11H14F3N3O2/c1-17-5-4-15-9(17)10(19,11(12,13)14)6-8(18)16-7-2-3-7/h4-5,7,19H,2-3,6H2,1H3,(H,16,18)/t10-/m0/s1. The fourth-order valence-corrected chi connectivity index (χ4v) is 1.81. The van der Waals surface area contributed by atoms with Gasteiger partial charge in [0.1, 0.15) is 0 Å². The van der Waals surface area contributed by atoms with Crippen LogP contribution in [0.15, 0.2) is 12.4 Å². The number of halogens is 3. The summed E-state index contributed by atoms with van der Waals surface area (Å²) in [5, 5.41) is 12.4. The smallest absolute Gasteiger partial charge is 0.374 e. The molecule has 19 heavy (non-hydrogen) atoms. The fraction of sp³-hybridized carbons (Fsp3) is 0.636. The molecule has 8 heteroatoms. The highest BCUT2D eigenvalue weighted by molar-refractivity contribution is 5.78. The van der Waals surface area contributed by atoms with E-state index in [9.17, 15) is 23.1 Å². The quantitative estimate of drug-likeness (QED) is 0.857. The van der Waals surface area contributed by atoms with Crippen LogP contribution in [0.5, 0.6) is 0 Å². The molecule has 2 rings (SSSR count). The summed E-state index contributed by atoms with van der Waals surface area (Å²) in [6.45, 7) is 0. The van der Waals surface area contributed by atoms with Crippen molar-refractivity contribution in [3.8, 4) is 0 Å². The molecule has 1 atom stereocenters. The topological polar surface area (TPSA) is 67.1 Å². The van der Waals surface area contributed by atoms with E-state index in [1.54, 1.807) is 0 Å². The second-order valence-corrected chi connectivity index (χ2v) is 4.74. The van der Waals surface area contributed by atoms with Crippen molar-refractivity contribution in [3.63, 3.8) is 0 Å². The van der Waals surface area contributed by atoms with Gasteiger partial charge in [-0.25, -0.2) is 4.98 Å². The lowest BCUT2D eigenvalue weighted by Gasteiger charge is -2.29. The van der Waals surface area contributed by atoms with Crippen molar-refractivity contribution in [2.45, 2.75) is 37.1 Å². The third-order valence-electron chi connectivity index (χ3n) is 3.02. The summed E-state index contributed by atoms with van der Waals surface area (Å²) in [6, 6.07) is -0.0636. The molecule has 1 aliphatic rings. The average molecular weight is 277 g/mol. The number of aromatic nitrogens is 2. The van der Waals surface area contributed by atoms with Crippen LogP contribution in [0.25, 0.3) is 0 Å². The first-order valence-electron chi connectivity index (χ1n) is 5.80. The van der Waals surface area contributed by atoms with E-state index in [4.69, 9.17) is 0 Å². The maximum Gasteiger partial charge on any atom is 0.425 e. The highest BCUT2D eigenvalue weighted by Crippen LogP contribution is 2.40. The van der Waals surface area contributed by atoms with Crippen LogP contribution in [-0.2, 0) is 17.4 Å². The van der Waals surface area contributed by atoms with Gasteiger partial charge in [0.2, 0.25) is 11.5 Å². The molecule has 2 N–H and O–H groups in total. The molecule has 1 aliphatic carbocycles. The van der Waals surface area contributed by atoms with E-state index >= 15 is 0 Å².